The zero-order chi connectivity index (χ0) is 20.4. The number of aliphatic imine (C=N–C) groups is 2. The van der Waals surface area contributed by atoms with Crippen molar-refractivity contribution in [3.63, 3.8) is 0 Å². The quantitative estimate of drug-likeness (QED) is 0.360. The van der Waals surface area contributed by atoms with E-state index in [-0.39, 0.29) is 12.5 Å². The zero-order valence-corrected chi connectivity index (χ0v) is 16.3. The van der Waals surface area contributed by atoms with Crippen LogP contribution in [0.15, 0.2) is 40.5 Å². The zero-order valence-electron chi connectivity index (χ0n) is 16.3. The van der Waals surface area contributed by atoms with Gasteiger partial charge in [0.05, 0.1) is 29.0 Å². The predicted octanol–water partition coefficient (Wildman–Crippen LogP) is 1.67. The van der Waals surface area contributed by atoms with Crippen LogP contribution in [0.2, 0.25) is 0 Å². The molecule has 152 valence electrons. The molecule has 0 saturated carbocycles. The number of para-hydroxylation sites is 1. The number of hydrogen-bond donors (Lipinski definition) is 4. The summed E-state index contributed by atoms with van der Waals surface area (Å²) in [6.07, 6.45) is 4.74. The average molecular weight is 395 g/mol. The number of aromatic nitrogens is 1. The van der Waals surface area contributed by atoms with Gasteiger partial charge in [0.2, 0.25) is 5.91 Å². The lowest BCUT2D eigenvalue weighted by Crippen LogP contribution is -2.53. The van der Waals surface area contributed by atoms with Crippen LogP contribution in [-0.2, 0) is 4.79 Å². The molecule has 2 atom stereocenters. The molecule has 3 heterocycles. The van der Waals surface area contributed by atoms with Crippen molar-refractivity contribution >= 4 is 35.1 Å². The maximum absolute atomic E-state index is 12.6. The standard InChI is InChI=1S/C21H25N5O3/c1-22-13-24-19(18-14-5-2-3-6-15(14)25-16(18)7-10-27)26-9-4-8-21(12-26)17(28)11-23-20(21)29/h2-3,5-7,10,13,17,25,27-28H,4,8-9,11-12H2,1H3,(H,23,29)/t17-,21+/m1/s1. The number of carbonyl (C=O) groups excluding carboxylic acids is 1. The van der Waals surface area contributed by atoms with Gasteiger partial charge in [0.1, 0.15) is 12.2 Å². The fourth-order valence-electron chi connectivity index (χ4n) is 4.45. The second-order valence-electron chi connectivity index (χ2n) is 7.51. The monoisotopic (exact) mass is 395 g/mol. The van der Waals surface area contributed by atoms with Crippen LogP contribution < -0.4 is 5.32 Å². The highest BCUT2D eigenvalue weighted by Gasteiger charge is 2.52. The number of rotatable bonds is 3. The average Bonchev–Trinajstić information content (AvgIpc) is 3.22. The Morgan fingerprint density at radius 2 is 2.21 bits per heavy atom. The molecule has 1 aromatic heterocycles. The van der Waals surface area contributed by atoms with Crippen LogP contribution in [0.3, 0.4) is 0 Å². The number of aliphatic hydroxyl groups excluding tert-OH is 2. The first-order valence-electron chi connectivity index (χ1n) is 9.72. The number of piperidine rings is 1. The maximum atomic E-state index is 12.6. The van der Waals surface area contributed by atoms with E-state index in [0.717, 1.165) is 29.1 Å². The number of likely N-dealkylation sites (tertiary alicyclic amines) is 1. The Kier molecular flexibility index (Phi) is 5.10. The third-order valence-electron chi connectivity index (χ3n) is 5.86. The van der Waals surface area contributed by atoms with Gasteiger partial charge in [0, 0.05) is 37.6 Å². The molecule has 8 nitrogen and oxygen atoms in total. The molecule has 0 unspecified atom stereocenters. The number of carbonyl (C=O) groups is 1. The van der Waals surface area contributed by atoms with Crippen LogP contribution in [-0.4, -0.2) is 71.0 Å². The normalized spacial score (nSPS) is 25.7. The molecular weight excluding hydrogens is 370 g/mol. The van der Waals surface area contributed by atoms with Crippen LogP contribution in [0.4, 0.5) is 0 Å². The number of amides is 1. The summed E-state index contributed by atoms with van der Waals surface area (Å²) in [7, 11) is 1.65. The van der Waals surface area contributed by atoms with Gasteiger partial charge in [0.15, 0.2) is 0 Å². The Morgan fingerprint density at radius 3 is 2.93 bits per heavy atom. The largest absolute Gasteiger partial charge is 0.516 e. The van der Waals surface area contributed by atoms with E-state index in [1.807, 2.05) is 29.2 Å². The summed E-state index contributed by atoms with van der Waals surface area (Å²) in [5.74, 6) is 0.555. The summed E-state index contributed by atoms with van der Waals surface area (Å²) in [5, 5.41) is 23.7. The molecule has 0 bridgehead atoms. The highest BCUT2D eigenvalue weighted by molar-refractivity contribution is 6.14. The third-order valence-corrected chi connectivity index (χ3v) is 5.86. The predicted molar refractivity (Wildman–Crippen MR) is 113 cm³/mol. The van der Waals surface area contributed by atoms with Gasteiger partial charge in [-0.3, -0.25) is 9.79 Å². The van der Waals surface area contributed by atoms with Crippen molar-refractivity contribution in [1.29, 1.82) is 0 Å². The van der Waals surface area contributed by atoms with E-state index in [1.165, 1.54) is 6.34 Å². The minimum Gasteiger partial charge on any atom is -0.516 e. The van der Waals surface area contributed by atoms with Crippen molar-refractivity contribution in [2.75, 3.05) is 26.7 Å². The van der Waals surface area contributed by atoms with Crippen LogP contribution in [0.5, 0.6) is 0 Å². The number of fused-ring (bicyclic) bond motifs is 1. The van der Waals surface area contributed by atoms with Gasteiger partial charge in [-0.15, -0.1) is 0 Å². The van der Waals surface area contributed by atoms with Crippen molar-refractivity contribution in [2.45, 2.75) is 18.9 Å². The molecule has 29 heavy (non-hydrogen) atoms. The van der Waals surface area contributed by atoms with Gasteiger partial charge in [-0.1, -0.05) is 18.2 Å². The van der Waals surface area contributed by atoms with Gasteiger partial charge in [-0.2, -0.15) is 0 Å². The molecule has 2 aliphatic heterocycles. The number of aliphatic hydroxyl groups is 2. The molecule has 8 heteroatoms. The topological polar surface area (TPSA) is 113 Å². The number of benzene rings is 1. The minimum atomic E-state index is -0.832. The molecule has 1 spiro atoms. The fraction of sp³-hybridized carbons (Fsp3) is 0.381. The molecule has 2 fully saturated rings. The number of amidine groups is 1. The first kappa shape index (κ1) is 19.2. The molecular formula is C21H25N5O3. The Labute approximate surface area is 168 Å². The lowest BCUT2D eigenvalue weighted by molar-refractivity contribution is -0.133. The van der Waals surface area contributed by atoms with E-state index in [1.54, 1.807) is 13.1 Å². The number of β-amino-alcohol motifs (C(OH)–C–C–N with tert-alkyl or cyclic N) is 1. The number of hydrogen-bond acceptors (Lipinski definition) is 4. The highest BCUT2D eigenvalue weighted by atomic mass is 16.3. The lowest BCUT2D eigenvalue weighted by atomic mass is 9.76. The van der Waals surface area contributed by atoms with E-state index in [9.17, 15) is 15.0 Å². The highest BCUT2D eigenvalue weighted by Crippen LogP contribution is 2.38. The number of nitrogens with one attached hydrogen (secondary N) is 2. The SMILES string of the molecule is CN=CN=C(c1c(C=CO)[nH]c2ccccc12)N1CCC[C@@]2(C1)C(=O)NC[C@H]2O. The Balaban J connectivity index is 1.84. The molecule has 1 aromatic carbocycles. The van der Waals surface area contributed by atoms with Crippen LogP contribution in [0, 0.1) is 5.41 Å². The van der Waals surface area contributed by atoms with Crippen molar-refractivity contribution in [1.82, 2.24) is 15.2 Å². The Bertz CT molecular complexity index is 1010. The Morgan fingerprint density at radius 1 is 1.38 bits per heavy atom. The van der Waals surface area contributed by atoms with Gasteiger partial charge in [-0.25, -0.2) is 4.99 Å². The number of H-pyrrole nitrogens is 1. The van der Waals surface area contributed by atoms with Gasteiger partial charge >= 0.3 is 0 Å². The molecule has 0 aliphatic carbocycles. The lowest BCUT2D eigenvalue weighted by Gasteiger charge is -2.41. The molecule has 2 aliphatic rings. The second-order valence-corrected chi connectivity index (χ2v) is 7.51. The second kappa shape index (κ2) is 7.71. The maximum Gasteiger partial charge on any atom is 0.230 e. The summed E-state index contributed by atoms with van der Waals surface area (Å²) in [6.45, 7) is 1.36. The van der Waals surface area contributed by atoms with Gasteiger partial charge in [0.25, 0.3) is 0 Å². The van der Waals surface area contributed by atoms with E-state index >= 15 is 0 Å². The summed E-state index contributed by atoms with van der Waals surface area (Å²) in [5.41, 5.74) is 1.63. The van der Waals surface area contributed by atoms with E-state index in [0.29, 0.717) is 31.0 Å². The summed E-state index contributed by atoms with van der Waals surface area (Å²) >= 11 is 0. The smallest absolute Gasteiger partial charge is 0.230 e. The molecule has 4 rings (SSSR count). The van der Waals surface area contributed by atoms with Crippen molar-refractivity contribution in [3.8, 4) is 0 Å². The summed E-state index contributed by atoms with van der Waals surface area (Å²) in [6, 6.07) is 7.84. The van der Waals surface area contributed by atoms with Crippen LogP contribution in [0.1, 0.15) is 24.1 Å². The fourth-order valence-corrected chi connectivity index (χ4v) is 4.45. The van der Waals surface area contributed by atoms with E-state index < -0.39 is 11.5 Å². The van der Waals surface area contributed by atoms with Crippen molar-refractivity contribution in [2.24, 2.45) is 15.4 Å². The van der Waals surface area contributed by atoms with Gasteiger partial charge < -0.3 is 25.4 Å². The minimum absolute atomic E-state index is 0.104. The molecule has 4 N–H and O–H groups in total. The van der Waals surface area contributed by atoms with E-state index in [4.69, 9.17) is 0 Å². The third kappa shape index (κ3) is 3.19. The molecule has 1 amide bonds. The van der Waals surface area contributed by atoms with Gasteiger partial charge in [-0.05, 0) is 25.0 Å². The first-order valence-corrected chi connectivity index (χ1v) is 9.72. The number of nitrogens with zero attached hydrogens (tertiary/aromatic N) is 3. The Hall–Kier alpha value is -3.13. The van der Waals surface area contributed by atoms with Crippen LogP contribution in [0.25, 0.3) is 17.0 Å². The van der Waals surface area contributed by atoms with Crippen LogP contribution >= 0.6 is 0 Å². The van der Waals surface area contributed by atoms with Crippen molar-refractivity contribution < 1.29 is 15.0 Å². The molecule has 2 saturated heterocycles. The number of aromatic amines is 1. The summed E-state index contributed by atoms with van der Waals surface area (Å²) in [4.78, 5) is 26.6. The summed E-state index contributed by atoms with van der Waals surface area (Å²) < 4.78 is 0. The molecule has 2 aromatic rings. The van der Waals surface area contributed by atoms with E-state index in [2.05, 4.69) is 20.3 Å². The van der Waals surface area contributed by atoms with Crippen molar-refractivity contribution in [3.05, 3.63) is 41.8 Å². The first-order chi connectivity index (χ1) is 14.1. The molecule has 0 radical (unpaired) electrons.